The third kappa shape index (κ3) is 2.66. The van der Waals surface area contributed by atoms with Crippen LogP contribution in [0.2, 0.25) is 0 Å². The number of rotatable bonds is 5. The molecule has 1 aromatic rings. The number of anilines is 2. The smallest absolute Gasteiger partial charge is 0.160 e. The minimum Gasteiger partial charge on any atom is -0.394 e. The second-order valence-corrected chi connectivity index (χ2v) is 3.49. The third-order valence-corrected chi connectivity index (χ3v) is 2.28. The number of aromatic nitrogens is 2. The van der Waals surface area contributed by atoms with Crippen molar-refractivity contribution >= 4 is 11.5 Å². The molecule has 0 aromatic carbocycles. The Morgan fingerprint density at radius 3 is 2.69 bits per heavy atom. The lowest BCUT2D eigenvalue weighted by atomic mass is 10.2. The molecule has 0 amide bonds. The van der Waals surface area contributed by atoms with E-state index in [9.17, 15) is 0 Å². The first-order valence-electron chi connectivity index (χ1n) is 4.97. The van der Waals surface area contributed by atoms with Gasteiger partial charge in [0.2, 0.25) is 0 Å². The fourth-order valence-electron chi connectivity index (χ4n) is 1.33. The molecule has 16 heavy (non-hydrogen) atoms. The second kappa shape index (κ2) is 5.39. The zero-order chi connectivity index (χ0) is 12.1. The van der Waals surface area contributed by atoms with Crippen molar-refractivity contribution in [1.82, 2.24) is 9.78 Å². The molecule has 88 valence electrons. The fourth-order valence-corrected chi connectivity index (χ4v) is 1.33. The maximum atomic E-state index is 9.14. The Morgan fingerprint density at radius 2 is 2.19 bits per heavy atom. The van der Waals surface area contributed by atoms with Gasteiger partial charge in [0.05, 0.1) is 12.7 Å². The van der Waals surface area contributed by atoms with Gasteiger partial charge >= 0.3 is 0 Å². The first-order valence-corrected chi connectivity index (χ1v) is 4.97. The topological polar surface area (TPSA) is 110 Å². The van der Waals surface area contributed by atoms with Crippen LogP contribution in [-0.2, 0) is 6.54 Å². The number of nitrogen functional groups attached to an aromatic ring is 2. The van der Waals surface area contributed by atoms with E-state index >= 15 is 0 Å². The van der Waals surface area contributed by atoms with Crippen LogP contribution >= 0.6 is 0 Å². The molecule has 0 aliphatic carbocycles. The molecule has 0 bridgehead atoms. The van der Waals surface area contributed by atoms with E-state index in [1.165, 1.54) is 4.68 Å². The number of aryl methyl sites for hydroxylation is 1. The maximum absolute atomic E-state index is 9.14. The van der Waals surface area contributed by atoms with Crippen LogP contribution in [0.25, 0.3) is 0 Å². The van der Waals surface area contributed by atoms with Gasteiger partial charge in [-0.3, -0.25) is 0 Å². The molecule has 6 nitrogen and oxygen atoms in total. The molecule has 6 N–H and O–H groups in total. The van der Waals surface area contributed by atoms with Gasteiger partial charge in [-0.05, 0) is 18.8 Å². The summed E-state index contributed by atoms with van der Waals surface area (Å²) in [5, 5.41) is 21.8. The van der Waals surface area contributed by atoms with Crippen molar-refractivity contribution in [2.45, 2.75) is 25.5 Å². The third-order valence-electron chi connectivity index (χ3n) is 2.28. The fraction of sp³-hybridized carbons (Fsp3) is 0.500. The zero-order valence-corrected chi connectivity index (χ0v) is 8.93. The maximum Gasteiger partial charge on any atom is 0.160 e. The standard InChI is InChI=1S/C10H16N4O2/c1-2-8-9(11)10(12)14(13-8)5-3-4-7(16)6-15/h1,7,15-16H,3-6,11-12H2. The van der Waals surface area contributed by atoms with Crippen LogP contribution in [0.4, 0.5) is 11.5 Å². The van der Waals surface area contributed by atoms with Crippen molar-refractivity contribution in [3.63, 3.8) is 0 Å². The Morgan fingerprint density at radius 1 is 1.50 bits per heavy atom. The van der Waals surface area contributed by atoms with Crippen LogP contribution in [-0.4, -0.2) is 32.7 Å². The molecule has 0 saturated carbocycles. The summed E-state index contributed by atoms with van der Waals surface area (Å²) in [5.74, 6) is 2.68. The molecule has 0 fully saturated rings. The highest BCUT2D eigenvalue weighted by molar-refractivity contribution is 5.66. The van der Waals surface area contributed by atoms with Crippen LogP contribution in [0.15, 0.2) is 0 Å². The summed E-state index contributed by atoms with van der Waals surface area (Å²) in [6, 6.07) is 0. The number of nitrogens with zero attached hydrogens (tertiary/aromatic N) is 2. The van der Waals surface area contributed by atoms with Crippen LogP contribution in [0.1, 0.15) is 18.5 Å². The van der Waals surface area contributed by atoms with Gasteiger partial charge in [-0.25, -0.2) is 4.68 Å². The summed E-state index contributed by atoms with van der Waals surface area (Å²) in [4.78, 5) is 0. The van der Waals surface area contributed by atoms with E-state index in [0.717, 1.165) is 0 Å². The van der Waals surface area contributed by atoms with E-state index in [1.54, 1.807) is 0 Å². The van der Waals surface area contributed by atoms with E-state index in [4.69, 9.17) is 28.1 Å². The van der Waals surface area contributed by atoms with Crippen LogP contribution < -0.4 is 11.5 Å². The molecule has 0 saturated heterocycles. The number of aliphatic hydroxyl groups is 2. The highest BCUT2D eigenvalue weighted by Crippen LogP contribution is 2.18. The van der Waals surface area contributed by atoms with Gasteiger partial charge in [-0.1, -0.05) is 0 Å². The second-order valence-electron chi connectivity index (χ2n) is 3.49. The molecule has 6 heteroatoms. The molecule has 1 heterocycles. The highest BCUT2D eigenvalue weighted by Gasteiger charge is 2.10. The van der Waals surface area contributed by atoms with Gasteiger partial charge in [-0.15, -0.1) is 6.42 Å². The summed E-state index contributed by atoms with van der Waals surface area (Å²) in [7, 11) is 0. The molecule has 1 aromatic heterocycles. The highest BCUT2D eigenvalue weighted by atomic mass is 16.3. The lowest BCUT2D eigenvalue weighted by Crippen LogP contribution is -2.13. The summed E-state index contributed by atoms with van der Waals surface area (Å²) in [6.45, 7) is 0.265. The lowest BCUT2D eigenvalue weighted by Gasteiger charge is -2.07. The average Bonchev–Trinajstić information content (AvgIpc) is 2.56. The Labute approximate surface area is 93.9 Å². The average molecular weight is 224 g/mol. The van der Waals surface area contributed by atoms with Gasteiger partial charge in [-0.2, -0.15) is 5.10 Å². The van der Waals surface area contributed by atoms with E-state index in [1.807, 2.05) is 0 Å². The Balaban J connectivity index is 2.58. The number of aliphatic hydroxyl groups excluding tert-OH is 2. The first kappa shape index (κ1) is 12.4. The monoisotopic (exact) mass is 224 g/mol. The molecule has 0 spiro atoms. The van der Waals surface area contributed by atoms with E-state index in [0.29, 0.717) is 36.6 Å². The molecular formula is C10H16N4O2. The first-order chi connectivity index (χ1) is 7.60. The Kier molecular flexibility index (Phi) is 4.17. The number of terminal acetylenes is 1. The van der Waals surface area contributed by atoms with Gasteiger partial charge in [0.25, 0.3) is 0 Å². The minimum atomic E-state index is -0.707. The normalized spacial score (nSPS) is 12.3. The van der Waals surface area contributed by atoms with Gasteiger partial charge in [0.15, 0.2) is 5.69 Å². The molecule has 1 unspecified atom stereocenters. The molecule has 1 atom stereocenters. The van der Waals surface area contributed by atoms with Crippen LogP contribution in [0, 0.1) is 12.3 Å². The molecule has 0 radical (unpaired) electrons. The van der Waals surface area contributed by atoms with Crippen LogP contribution in [0.3, 0.4) is 0 Å². The Hall–Kier alpha value is -1.71. The van der Waals surface area contributed by atoms with Crippen molar-refractivity contribution < 1.29 is 10.2 Å². The molecule has 0 aliphatic rings. The van der Waals surface area contributed by atoms with Crippen molar-refractivity contribution in [1.29, 1.82) is 0 Å². The quantitative estimate of drug-likeness (QED) is 0.487. The summed E-state index contributed by atoms with van der Waals surface area (Å²) in [6.07, 6.45) is 5.60. The zero-order valence-electron chi connectivity index (χ0n) is 8.93. The van der Waals surface area contributed by atoms with Crippen molar-refractivity contribution in [2.24, 2.45) is 0 Å². The van der Waals surface area contributed by atoms with Gasteiger partial charge in [0.1, 0.15) is 11.5 Å². The van der Waals surface area contributed by atoms with Crippen molar-refractivity contribution in [2.75, 3.05) is 18.1 Å². The van der Waals surface area contributed by atoms with Crippen molar-refractivity contribution in [3.8, 4) is 12.3 Å². The van der Waals surface area contributed by atoms with Crippen LogP contribution in [0.5, 0.6) is 0 Å². The number of nitrogens with two attached hydrogens (primary N) is 2. The van der Waals surface area contributed by atoms with Gasteiger partial charge in [0, 0.05) is 6.54 Å². The Bertz CT molecular complexity index is 394. The predicted octanol–water partition coefficient (Wildman–Crippen LogP) is -0.838. The van der Waals surface area contributed by atoms with Crippen molar-refractivity contribution in [3.05, 3.63) is 5.69 Å². The van der Waals surface area contributed by atoms with E-state index in [-0.39, 0.29) is 6.61 Å². The molecule has 0 aliphatic heterocycles. The SMILES string of the molecule is C#Cc1nn(CCCC(O)CO)c(N)c1N. The van der Waals surface area contributed by atoms with E-state index in [2.05, 4.69) is 11.0 Å². The van der Waals surface area contributed by atoms with Gasteiger partial charge < -0.3 is 21.7 Å². The lowest BCUT2D eigenvalue weighted by molar-refractivity contribution is 0.0854. The summed E-state index contributed by atoms with van der Waals surface area (Å²) < 4.78 is 1.51. The van der Waals surface area contributed by atoms with E-state index < -0.39 is 6.10 Å². The molecule has 1 rings (SSSR count). The predicted molar refractivity (Wildman–Crippen MR) is 61.3 cm³/mol. The summed E-state index contributed by atoms with van der Waals surface area (Å²) >= 11 is 0. The number of hydrogen-bond acceptors (Lipinski definition) is 5. The minimum absolute atomic E-state index is 0.244. The largest absolute Gasteiger partial charge is 0.394 e. The number of hydrogen-bond donors (Lipinski definition) is 4. The summed E-state index contributed by atoms with van der Waals surface area (Å²) in [5.41, 5.74) is 12.0. The molecular weight excluding hydrogens is 208 g/mol.